The second-order valence-corrected chi connectivity index (χ2v) is 5.97. The fourth-order valence-corrected chi connectivity index (χ4v) is 2.89. The van der Waals surface area contributed by atoms with Crippen molar-refractivity contribution in [1.29, 1.82) is 5.26 Å². The Morgan fingerprint density at radius 1 is 1.15 bits per heavy atom. The average molecular weight is 356 g/mol. The number of rotatable bonds is 4. The minimum absolute atomic E-state index is 0.187. The average Bonchev–Trinajstić information content (AvgIpc) is 3.41. The van der Waals surface area contributed by atoms with Gasteiger partial charge >= 0.3 is 0 Å². The van der Waals surface area contributed by atoms with Crippen molar-refractivity contribution in [1.82, 2.24) is 44.4 Å². The van der Waals surface area contributed by atoms with Crippen molar-refractivity contribution in [2.24, 2.45) is 0 Å². The van der Waals surface area contributed by atoms with Gasteiger partial charge in [0.25, 0.3) is 0 Å². The summed E-state index contributed by atoms with van der Waals surface area (Å²) in [6.45, 7) is 0.705. The number of pyridine rings is 1. The van der Waals surface area contributed by atoms with Crippen molar-refractivity contribution in [2.45, 2.75) is 13.1 Å². The molecule has 0 aliphatic carbocycles. The lowest BCUT2D eigenvalue weighted by atomic mass is 10.2. The Morgan fingerprint density at radius 3 is 3.04 bits per heavy atom. The second-order valence-electron chi connectivity index (χ2n) is 5.97. The molecule has 0 N–H and O–H groups in total. The normalized spacial score (nSPS) is 11.2. The Labute approximate surface area is 152 Å². The highest BCUT2D eigenvalue weighted by Crippen LogP contribution is 2.18. The molecule has 0 spiro atoms. The Morgan fingerprint density at radius 2 is 2.11 bits per heavy atom. The first-order valence-electron chi connectivity index (χ1n) is 8.18. The molecule has 0 amide bonds. The van der Waals surface area contributed by atoms with Crippen molar-refractivity contribution in [3.63, 3.8) is 0 Å². The summed E-state index contributed by atoms with van der Waals surface area (Å²) in [6.07, 6.45) is 8.72. The first-order valence-corrected chi connectivity index (χ1v) is 8.18. The molecule has 5 aromatic heterocycles. The van der Waals surface area contributed by atoms with Crippen LogP contribution in [0.1, 0.15) is 5.56 Å². The summed E-state index contributed by atoms with van der Waals surface area (Å²) in [4.78, 5) is 8.99. The van der Waals surface area contributed by atoms with E-state index in [1.54, 1.807) is 38.7 Å². The van der Waals surface area contributed by atoms with Crippen LogP contribution < -0.4 is 0 Å². The molecule has 0 radical (unpaired) electrons. The van der Waals surface area contributed by atoms with Gasteiger partial charge in [0.05, 0.1) is 36.2 Å². The molecule has 0 fully saturated rings. The molecule has 0 aliphatic rings. The van der Waals surface area contributed by atoms with Crippen LogP contribution in [0.15, 0.2) is 49.2 Å². The van der Waals surface area contributed by atoms with Gasteiger partial charge in [-0.1, -0.05) is 5.21 Å². The first kappa shape index (κ1) is 15.2. The highest BCUT2D eigenvalue weighted by molar-refractivity contribution is 5.69. The first-order chi connectivity index (χ1) is 13.3. The zero-order valence-corrected chi connectivity index (χ0v) is 14.0. The Bertz CT molecular complexity index is 1300. The van der Waals surface area contributed by atoms with E-state index < -0.39 is 0 Å². The number of nitrogens with zero attached hydrogens (tertiary/aromatic N) is 10. The third-order valence-electron chi connectivity index (χ3n) is 4.19. The van der Waals surface area contributed by atoms with Crippen LogP contribution in [0.5, 0.6) is 0 Å². The van der Waals surface area contributed by atoms with Crippen LogP contribution in [0.3, 0.4) is 0 Å². The topological polar surface area (TPSA) is 115 Å². The van der Waals surface area contributed by atoms with E-state index in [0.717, 1.165) is 16.6 Å². The number of fused-ring (bicyclic) bond motifs is 2. The molecule has 0 aliphatic heterocycles. The zero-order valence-electron chi connectivity index (χ0n) is 14.0. The Kier molecular flexibility index (Phi) is 3.36. The van der Waals surface area contributed by atoms with Crippen LogP contribution in [0, 0.1) is 11.3 Å². The van der Waals surface area contributed by atoms with Crippen LogP contribution >= 0.6 is 0 Å². The fraction of sp³-hybridized carbons (Fsp3) is 0.118. The summed E-state index contributed by atoms with van der Waals surface area (Å²) < 4.78 is 5.07. The van der Waals surface area contributed by atoms with E-state index in [1.807, 2.05) is 24.4 Å². The highest BCUT2D eigenvalue weighted by Gasteiger charge is 2.12. The molecule has 5 rings (SSSR count). The van der Waals surface area contributed by atoms with Gasteiger partial charge in [0.15, 0.2) is 5.65 Å². The molecule has 0 saturated carbocycles. The van der Waals surface area contributed by atoms with E-state index in [2.05, 4.69) is 36.5 Å². The molecule has 0 aromatic carbocycles. The van der Waals surface area contributed by atoms with Gasteiger partial charge in [0.1, 0.15) is 6.54 Å². The summed E-state index contributed by atoms with van der Waals surface area (Å²) in [6, 6.07) is 8.03. The van der Waals surface area contributed by atoms with Crippen molar-refractivity contribution in [3.05, 3.63) is 54.7 Å². The van der Waals surface area contributed by atoms with Crippen molar-refractivity contribution in [2.75, 3.05) is 0 Å². The maximum absolute atomic E-state index is 8.78. The second kappa shape index (κ2) is 5.99. The van der Waals surface area contributed by atoms with Gasteiger partial charge in [-0.3, -0.25) is 4.68 Å². The van der Waals surface area contributed by atoms with Gasteiger partial charge in [-0.05, 0) is 23.8 Å². The third-order valence-corrected chi connectivity index (χ3v) is 4.19. The zero-order chi connectivity index (χ0) is 18.2. The molecule has 0 bridgehead atoms. The lowest BCUT2D eigenvalue weighted by Gasteiger charge is -2.03. The standard InChI is InChI=1S/C17H12N10/c18-3-6-25-11-13(8-21-25)15-9-19-16-17(22-15)27(24-23-16)10-12-2-5-26-14(7-12)1-4-20-26/h1-2,4-5,7-9,11H,6,10H2. The quantitative estimate of drug-likeness (QED) is 0.476. The molecule has 0 atom stereocenters. The van der Waals surface area contributed by atoms with Crippen molar-refractivity contribution >= 4 is 16.8 Å². The molecular formula is C17H12N10. The smallest absolute Gasteiger partial charge is 0.221 e. The highest BCUT2D eigenvalue weighted by atomic mass is 15.5. The predicted octanol–water partition coefficient (Wildman–Crippen LogP) is 1.30. The minimum atomic E-state index is 0.187. The molecule has 5 aromatic rings. The number of nitriles is 1. The summed E-state index contributed by atoms with van der Waals surface area (Å²) in [7, 11) is 0. The SMILES string of the molecule is N#CCn1cc(-c2cnc3nnn(Cc4ccn5nccc5c4)c3n2)cn1. The van der Waals surface area contributed by atoms with Crippen LogP contribution in [-0.2, 0) is 13.1 Å². The summed E-state index contributed by atoms with van der Waals surface area (Å²) in [5.41, 5.74) is 4.58. The van der Waals surface area contributed by atoms with E-state index in [1.165, 1.54) is 0 Å². The Hall–Kier alpha value is -4.13. The predicted molar refractivity (Wildman–Crippen MR) is 94.2 cm³/mol. The van der Waals surface area contributed by atoms with E-state index in [-0.39, 0.29) is 6.54 Å². The number of hydrogen-bond donors (Lipinski definition) is 0. The minimum Gasteiger partial charge on any atom is -0.258 e. The maximum atomic E-state index is 8.78. The lowest BCUT2D eigenvalue weighted by molar-refractivity contribution is 0.663. The Balaban J connectivity index is 1.51. The fourth-order valence-electron chi connectivity index (χ4n) is 2.89. The van der Waals surface area contributed by atoms with E-state index in [4.69, 9.17) is 5.26 Å². The monoisotopic (exact) mass is 356 g/mol. The van der Waals surface area contributed by atoms with Gasteiger partial charge in [-0.15, -0.1) is 5.10 Å². The third kappa shape index (κ3) is 2.67. The maximum Gasteiger partial charge on any atom is 0.221 e. The molecule has 5 heterocycles. The summed E-state index contributed by atoms with van der Waals surface area (Å²) in [5, 5.41) is 25.4. The summed E-state index contributed by atoms with van der Waals surface area (Å²) >= 11 is 0. The van der Waals surface area contributed by atoms with Gasteiger partial charge in [-0.2, -0.15) is 15.5 Å². The van der Waals surface area contributed by atoms with Gasteiger partial charge < -0.3 is 0 Å². The molecule has 10 nitrogen and oxygen atoms in total. The van der Waals surface area contributed by atoms with Crippen LogP contribution in [-0.4, -0.2) is 44.4 Å². The number of aromatic nitrogens is 9. The molecule has 0 saturated heterocycles. The van der Waals surface area contributed by atoms with Crippen LogP contribution in [0.25, 0.3) is 28.1 Å². The van der Waals surface area contributed by atoms with Gasteiger partial charge in [-0.25, -0.2) is 19.2 Å². The van der Waals surface area contributed by atoms with Gasteiger partial charge in [0.2, 0.25) is 5.65 Å². The molecule has 10 heteroatoms. The van der Waals surface area contributed by atoms with Crippen molar-refractivity contribution in [3.8, 4) is 17.3 Å². The van der Waals surface area contributed by atoms with E-state index >= 15 is 0 Å². The number of hydrogen-bond acceptors (Lipinski definition) is 7. The van der Waals surface area contributed by atoms with E-state index in [0.29, 0.717) is 23.5 Å². The molecular weight excluding hydrogens is 344 g/mol. The van der Waals surface area contributed by atoms with Crippen LogP contribution in [0.4, 0.5) is 0 Å². The van der Waals surface area contributed by atoms with Crippen LogP contribution in [0.2, 0.25) is 0 Å². The van der Waals surface area contributed by atoms with E-state index in [9.17, 15) is 0 Å². The molecule has 27 heavy (non-hydrogen) atoms. The molecule has 0 unspecified atom stereocenters. The largest absolute Gasteiger partial charge is 0.258 e. The van der Waals surface area contributed by atoms with Gasteiger partial charge in [0, 0.05) is 24.2 Å². The summed E-state index contributed by atoms with van der Waals surface area (Å²) in [5.74, 6) is 0. The van der Waals surface area contributed by atoms with Crippen molar-refractivity contribution < 1.29 is 0 Å². The molecule has 130 valence electrons. The lowest BCUT2D eigenvalue weighted by Crippen LogP contribution is -2.04.